The molecule has 2 rings (SSSR count). The molecule has 2 aromatic rings. The van der Waals surface area contributed by atoms with Crippen molar-refractivity contribution in [3.8, 4) is 5.75 Å². The van der Waals surface area contributed by atoms with Crippen LogP contribution >= 0.6 is 11.3 Å². The molecule has 31 heavy (non-hydrogen) atoms. The average Bonchev–Trinajstić information content (AvgIpc) is 3.27. The first kappa shape index (κ1) is 25.4. The molecule has 0 aliphatic heterocycles. The summed E-state index contributed by atoms with van der Waals surface area (Å²) in [5.41, 5.74) is 0. The molecular formula is C25H38N2O3S. The Balaban J connectivity index is 1.66. The summed E-state index contributed by atoms with van der Waals surface area (Å²) in [6.07, 6.45) is 5.69. The lowest BCUT2D eigenvalue weighted by Crippen LogP contribution is -2.32. The third-order valence-corrected chi connectivity index (χ3v) is 6.20. The van der Waals surface area contributed by atoms with Gasteiger partial charge in [0.1, 0.15) is 18.5 Å². The van der Waals surface area contributed by atoms with Crippen molar-refractivity contribution in [3.05, 3.63) is 52.2 Å². The highest BCUT2D eigenvalue weighted by molar-refractivity contribution is 7.14. The van der Waals surface area contributed by atoms with Crippen molar-refractivity contribution in [3.63, 3.8) is 0 Å². The summed E-state index contributed by atoms with van der Waals surface area (Å²) in [5, 5.41) is 13.3. The number of aliphatic hydroxyl groups excluding tert-OH is 1. The van der Waals surface area contributed by atoms with E-state index in [0.29, 0.717) is 6.54 Å². The van der Waals surface area contributed by atoms with Crippen LogP contribution in [0.4, 0.5) is 0 Å². The second-order valence-electron chi connectivity index (χ2n) is 7.85. The minimum atomic E-state index is -0.539. The smallest absolute Gasteiger partial charge is 0.263 e. The highest BCUT2D eigenvalue weighted by atomic mass is 32.1. The van der Waals surface area contributed by atoms with Crippen molar-refractivity contribution in [2.24, 2.45) is 0 Å². The van der Waals surface area contributed by atoms with E-state index in [0.717, 1.165) is 68.8 Å². The van der Waals surface area contributed by atoms with Crippen LogP contribution in [-0.4, -0.2) is 54.8 Å². The number of carbonyl (C=O) groups is 1. The van der Waals surface area contributed by atoms with E-state index in [1.807, 2.05) is 41.3 Å². The topological polar surface area (TPSA) is 61.8 Å². The maximum atomic E-state index is 12.9. The maximum absolute atomic E-state index is 12.9. The zero-order valence-corrected chi connectivity index (χ0v) is 19.8. The molecule has 1 atom stereocenters. The predicted molar refractivity (Wildman–Crippen MR) is 129 cm³/mol. The zero-order chi connectivity index (χ0) is 22.3. The van der Waals surface area contributed by atoms with E-state index in [1.165, 1.54) is 4.88 Å². The first-order valence-corrected chi connectivity index (χ1v) is 12.4. The van der Waals surface area contributed by atoms with Crippen molar-refractivity contribution >= 4 is 17.2 Å². The van der Waals surface area contributed by atoms with Gasteiger partial charge in [-0.1, -0.05) is 44.9 Å². The number of hydrogen-bond donors (Lipinski definition) is 2. The van der Waals surface area contributed by atoms with Gasteiger partial charge < -0.3 is 20.1 Å². The molecule has 1 amide bonds. The highest BCUT2D eigenvalue weighted by Crippen LogP contribution is 2.20. The van der Waals surface area contributed by atoms with Gasteiger partial charge in [0.15, 0.2) is 0 Å². The molecule has 1 aromatic carbocycles. The largest absolute Gasteiger partial charge is 0.491 e. The van der Waals surface area contributed by atoms with Gasteiger partial charge in [-0.3, -0.25) is 4.79 Å². The molecule has 0 spiro atoms. The molecule has 1 heterocycles. The van der Waals surface area contributed by atoms with Gasteiger partial charge in [0.25, 0.3) is 5.91 Å². The SMILES string of the molecule is CCCCN(CCCC)C(=O)c1ccc(CCCNC[C@H](O)COc2ccccc2)s1. The lowest BCUT2D eigenvalue weighted by Gasteiger charge is -2.21. The average molecular weight is 447 g/mol. The second-order valence-corrected chi connectivity index (χ2v) is 9.02. The number of amides is 1. The summed E-state index contributed by atoms with van der Waals surface area (Å²) in [6, 6.07) is 13.6. The Morgan fingerprint density at radius 1 is 1.06 bits per heavy atom. The van der Waals surface area contributed by atoms with E-state index in [4.69, 9.17) is 4.74 Å². The molecule has 0 fully saturated rings. The van der Waals surface area contributed by atoms with E-state index < -0.39 is 6.10 Å². The number of nitrogens with one attached hydrogen (secondary N) is 1. The molecule has 2 N–H and O–H groups in total. The quantitative estimate of drug-likeness (QED) is 0.365. The minimum Gasteiger partial charge on any atom is -0.491 e. The number of aliphatic hydroxyl groups is 1. The number of rotatable bonds is 16. The fourth-order valence-corrected chi connectivity index (χ4v) is 4.24. The molecule has 6 heteroatoms. The summed E-state index contributed by atoms with van der Waals surface area (Å²) >= 11 is 1.62. The first-order valence-electron chi connectivity index (χ1n) is 11.6. The number of unbranched alkanes of at least 4 members (excludes halogenated alkanes) is 2. The van der Waals surface area contributed by atoms with Gasteiger partial charge in [0.05, 0.1) is 4.88 Å². The van der Waals surface area contributed by atoms with Gasteiger partial charge in [-0.2, -0.15) is 0 Å². The molecule has 0 saturated heterocycles. The van der Waals surface area contributed by atoms with Gasteiger partial charge in [0.2, 0.25) is 0 Å². The summed E-state index contributed by atoms with van der Waals surface area (Å²) in [4.78, 5) is 17.0. The van der Waals surface area contributed by atoms with Crippen molar-refractivity contribution in [1.29, 1.82) is 0 Å². The highest BCUT2D eigenvalue weighted by Gasteiger charge is 2.17. The van der Waals surface area contributed by atoms with Crippen LogP contribution in [0.25, 0.3) is 0 Å². The number of carbonyl (C=O) groups excluding carboxylic acids is 1. The van der Waals surface area contributed by atoms with Crippen molar-refractivity contribution < 1.29 is 14.6 Å². The number of ether oxygens (including phenoxy) is 1. The molecule has 0 bridgehead atoms. The van der Waals surface area contributed by atoms with E-state index in [2.05, 4.69) is 25.2 Å². The Bertz CT molecular complexity index is 727. The van der Waals surface area contributed by atoms with Crippen molar-refractivity contribution in [1.82, 2.24) is 10.2 Å². The zero-order valence-electron chi connectivity index (χ0n) is 19.0. The van der Waals surface area contributed by atoms with Crippen LogP contribution in [0.15, 0.2) is 42.5 Å². The van der Waals surface area contributed by atoms with Crippen LogP contribution in [0, 0.1) is 0 Å². The standard InChI is InChI=1S/C25H38N2O3S/c1-3-5-17-27(18-6-4-2)25(29)24-15-14-23(31-24)13-10-16-26-19-21(28)20-30-22-11-8-7-9-12-22/h7-9,11-12,14-15,21,26,28H,3-6,10,13,16-20H2,1-2H3/t21-/m0/s1. The van der Waals surface area contributed by atoms with Crippen LogP contribution in [0.2, 0.25) is 0 Å². The van der Waals surface area contributed by atoms with Crippen LogP contribution < -0.4 is 10.1 Å². The van der Waals surface area contributed by atoms with Crippen molar-refractivity contribution in [2.45, 2.75) is 58.5 Å². The number of nitrogens with zero attached hydrogens (tertiary/aromatic N) is 1. The van der Waals surface area contributed by atoms with Gasteiger partial charge >= 0.3 is 0 Å². The number of hydrogen-bond acceptors (Lipinski definition) is 5. The van der Waals surface area contributed by atoms with E-state index in [9.17, 15) is 9.90 Å². The molecule has 0 saturated carbocycles. The van der Waals surface area contributed by atoms with Gasteiger partial charge in [0, 0.05) is 24.5 Å². The van der Waals surface area contributed by atoms with E-state index in [-0.39, 0.29) is 12.5 Å². The summed E-state index contributed by atoms with van der Waals surface area (Å²) in [6.45, 7) is 7.63. The second kappa shape index (κ2) is 15.0. The minimum absolute atomic E-state index is 0.179. The van der Waals surface area contributed by atoms with Crippen LogP contribution in [0.5, 0.6) is 5.75 Å². The summed E-state index contributed by atoms with van der Waals surface area (Å²) in [5.74, 6) is 0.949. The monoisotopic (exact) mass is 446 g/mol. The van der Waals surface area contributed by atoms with E-state index in [1.54, 1.807) is 11.3 Å². The molecule has 0 unspecified atom stereocenters. The summed E-state index contributed by atoms with van der Waals surface area (Å²) in [7, 11) is 0. The van der Waals surface area contributed by atoms with Crippen molar-refractivity contribution in [2.75, 3.05) is 32.8 Å². The number of thiophene rings is 1. The fourth-order valence-electron chi connectivity index (χ4n) is 3.22. The molecule has 1 aromatic heterocycles. The lowest BCUT2D eigenvalue weighted by atomic mass is 10.2. The Kier molecular flexibility index (Phi) is 12.3. The fraction of sp³-hybridized carbons (Fsp3) is 0.560. The normalized spacial score (nSPS) is 12.0. The maximum Gasteiger partial charge on any atom is 0.263 e. The summed E-state index contributed by atoms with van der Waals surface area (Å²) < 4.78 is 5.56. The van der Waals surface area contributed by atoms with Crippen LogP contribution in [-0.2, 0) is 6.42 Å². The molecule has 5 nitrogen and oxygen atoms in total. The Morgan fingerprint density at radius 3 is 2.45 bits per heavy atom. The Hall–Kier alpha value is -1.89. The molecular weight excluding hydrogens is 408 g/mol. The molecule has 0 radical (unpaired) electrons. The predicted octanol–water partition coefficient (Wildman–Crippen LogP) is 4.75. The third-order valence-electron chi connectivity index (χ3n) is 5.07. The van der Waals surface area contributed by atoms with Crippen LogP contribution in [0.3, 0.4) is 0 Å². The number of benzene rings is 1. The molecule has 172 valence electrons. The number of aryl methyl sites for hydroxylation is 1. The van der Waals surface area contributed by atoms with Gasteiger partial charge in [-0.15, -0.1) is 11.3 Å². The molecule has 0 aliphatic carbocycles. The lowest BCUT2D eigenvalue weighted by molar-refractivity contribution is 0.0756. The van der Waals surface area contributed by atoms with E-state index >= 15 is 0 Å². The Labute approximate surface area is 191 Å². The van der Waals surface area contributed by atoms with Crippen LogP contribution in [0.1, 0.15) is 60.5 Å². The van der Waals surface area contributed by atoms with Gasteiger partial charge in [-0.05, 0) is 56.5 Å². The third kappa shape index (κ3) is 9.85. The Morgan fingerprint density at radius 2 is 1.77 bits per heavy atom. The molecule has 0 aliphatic rings. The van der Waals surface area contributed by atoms with Gasteiger partial charge in [-0.25, -0.2) is 0 Å². The number of para-hydroxylation sites is 1. The first-order chi connectivity index (χ1) is 15.1.